The van der Waals surface area contributed by atoms with E-state index in [1.54, 1.807) is 174 Å². The number of carboxylic acid groups (broad SMARTS) is 3. The van der Waals surface area contributed by atoms with Gasteiger partial charge in [-0.25, -0.2) is 4.79 Å². The van der Waals surface area contributed by atoms with Crippen LogP contribution < -0.4 is 108 Å². The lowest BCUT2D eigenvalue weighted by Crippen LogP contribution is -2.62. The van der Waals surface area contributed by atoms with Crippen LogP contribution in [0.4, 0.5) is 0 Å². The molecule has 0 aliphatic rings. The summed E-state index contributed by atoms with van der Waals surface area (Å²) in [5, 5.41) is 69.1. The number of carbonyl (C=O) groups excluding carboxylic acids is 18. The molecular formula is C100H131N23O24S2. The number of thiol groups is 2. The number of nitrogens with one attached hydrogen (secondary N) is 18. The number of nitrogens with two attached hydrogens (primary N) is 5. The Bertz CT molecular complexity index is 6100. The number of unbranched alkanes of at least 4 members (excludes halogenated alkanes) is 1. The van der Waals surface area contributed by atoms with E-state index < -0.39 is 295 Å². The number of hydrogen-bond acceptors (Lipinski definition) is 25. The highest BCUT2D eigenvalue weighted by Crippen LogP contribution is 2.25. The average molecular weight is 2100 g/mol. The van der Waals surface area contributed by atoms with Gasteiger partial charge in [-0.05, 0) is 102 Å². The van der Waals surface area contributed by atoms with Crippen molar-refractivity contribution in [1.29, 1.82) is 0 Å². The fraction of sp³-hybridized carbons (Fsp3) is 0.430. The predicted molar refractivity (Wildman–Crippen MR) is 551 cm³/mol. The summed E-state index contributed by atoms with van der Waals surface area (Å²) in [6.07, 6.45) is -1.92. The van der Waals surface area contributed by atoms with E-state index in [4.69, 9.17) is 28.7 Å². The maximum atomic E-state index is 15.3. The first kappa shape index (κ1) is 118. The molecule has 5 aromatic carbocycles. The molecule has 0 fully saturated rings. The number of aromatic nitrogens is 3. The second-order valence-corrected chi connectivity index (χ2v) is 37.8. The molecule has 0 aliphatic carbocycles. The van der Waals surface area contributed by atoms with E-state index in [1.165, 1.54) is 20.0 Å². The molecule has 3 aromatic heterocycles. The third kappa shape index (κ3) is 37.0. The number of rotatable bonds is 62. The number of para-hydroxylation sites is 3. The van der Waals surface area contributed by atoms with Crippen molar-refractivity contribution < 1.29 is 116 Å². The zero-order chi connectivity index (χ0) is 110. The first-order valence-corrected chi connectivity index (χ1v) is 49.5. The number of carbonyl (C=O) groups is 21. The van der Waals surface area contributed by atoms with Gasteiger partial charge in [-0.15, -0.1) is 0 Å². The van der Waals surface area contributed by atoms with Crippen molar-refractivity contribution in [3.8, 4) is 0 Å². The first-order chi connectivity index (χ1) is 70.7. The van der Waals surface area contributed by atoms with Gasteiger partial charge in [0.15, 0.2) is 0 Å². The molecule has 149 heavy (non-hydrogen) atoms. The van der Waals surface area contributed by atoms with Crippen molar-refractivity contribution >= 4 is 182 Å². The Morgan fingerprint density at radius 1 is 0.302 bits per heavy atom. The first-order valence-electron chi connectivity index (χ1n) is 48.2. The quantitative estimate of drug-likeness (QED) is 0.0140. The molecule has 0 unspecified atom stereocenters. The highest BCUT2D eigenvalue weighted by Gasteiger charge is 2.42. The van der Waals surface area contributed by atoms with Crippen molar-refractivity contribution in [3.05, 3.63) is 180 Å². The van der Waals surface area contributed by atoms with Crippen LogP contribution in [0.2, 0.25) is 0 Å². The Morgan fingerprint density at radius 3 is 0.953 bits per heavy atom. The van der Waals surface area contributed by atoms with Crippen LogP contribution >= 0.6 is 25.3 Å². The van der Waals surface area contributed by atoms with Crippen LogP contribution in [0.15, 0.2) is 152 Å². The normalized spacial score (nSPS) is 14.5. The molecule has 0 bridgehead atoms. The summed E-state index contributed by atoms with van der Waals surface area (Å²) in [6.45, 7) is 9.53. The topological polar surface area (TPSA) is 777 Å². The Labute approximate surface area is 867 Å². The molecule has 31 N–H and O–H groups in total. The smallest absolute Gasteiger partial charge is 0.326 e. The fourth-order valence-corrected chi connectivity index (χ4v) is 16.8. The minimum atomic E-state index is -2.03. The van der Waals surface area contributed by atoms with Crippen molar-refractivity contribution in [2.24, 2.45) is 46.4 Å². The van der Waals surface area contributed by atoms with E-state index in [-0.39, 0.29) is 57.9 Å². The van der Waals surface area contributed by atoms with Gasteiger partial charge in [0.2, 0.25) is 106 Å². The number of benzene rings is 5. The minimum Gasteiger partial charge on any atom is -0.481 e. The number of carboxylic acids is 3. The van der Waals surface area contributed by atoms with Crippen LogP contribution in [-0.4, -0.2) is 269 Å². The number of amides is 18. The van der Waals surface area contributed by atoms with Crippen LogP contribution in [0.25, 0.3) is 32.7 Å². The van der Waals surface area contributed by atoms with Crippen molar-refractivity contribution in [2.45, 2.75) is 235 Å². The van der Waals surface area contributed by atoms with E-state index in [2.05, 4.69) is 120 Å². The van der Waals surface area contributed by atoms with Gasteiger partial charge < -0.3 is 139 Å². The number of primary amides is 3. The zero-order valence-corrected chi connectivity index (χ0v) is 84.6. The minimum absolute atomic E-state index is 0.0597. The maximum absolute atomic E-state index is 15.3. The van der Waals surface area contributed by atoms with Gasteiger partial charge in [0.1, 0.15) is 90.6 Å². The Hall–Kier alpha value is -15.8. The predicted octanol–water partition coefficient (Wildman–Crippen LogP) is -2.36. The standard InChI is InChI=1S/C100H131N23O24S2/c1-50(2)35-67(112-93(139)73(43-80(105)126)117-97(143)77(49-149)121-99(145)84(52(5)6)122-94(140)71(111-85(131)61(102)41-81(127)128)39-56-46-107-63-29-17-14-26-59(56)63)88(134)113-68(36-53-21-9-7-10-22-53)89(135)109-65(31-19-20-34-101)86(132)116-72(42-79(104)125)92(138)110-66(32-33-78(103)124)87(133)115-70(38-55-45-106-62-28-16-13-25-58(55)62)91(137)114-69(37-54-23-11-8-12-24-54)90(136)120-76(48-148)96(142)118-74(44-82(129)130)95(141)123-83(51(3)4)98(144)119-75(100(146)147)40-57-47-108-64-30-18-15-27-60(57)64/h7-18,21-30,45-47,50-52,61,65-77,83-84,106-108,148-149H,19-20,31-44,48-49,101-102H2,1-6H3,(H2,103,124)(H2,104,125)(H2,105,126)(H,109,135)(H,110,138)(H,111,131)(H,112,139)(H,113,134)(H,114,137)(H,115,133)(H,116,132)(H,117,143)(H,118,142)(H,119,144)(H,120,136)(H,121,145)(H,122,140)(H,123,141)(H,127,128)(H,129,130)(H,146,147)/t61-,65-,66-,67-,68-,69-,70-,71-,72-,73-,74-,75-,76-,77-,83-,84-/m0/s1. The summed E-state index contributed by atoms with van der Waals surface area (Å²) in [6, 6.07) is 9.90. The van der Waals surface area contributed by atoms with Gasteiger partial charge >= 0.3 is 17.9 Å². The van der Waals surface area contributed by atoms with E-state index in [1.807, 2.05) is 0 Å². The molecule has 3 heterocycles. The van der Waals surface area contributed by atoms with Crippen molar-refractivity contribution in [2.75, 3.05) is 18.1 Å². The van der Waals surface area contributed by atoms with Crippen LogP contribution in [-0.2, 0) is 133 Å². The van der Waals surface area contributed by atoms with Crippen molar-refractivity contribution in [1.82, 2.24) is 94.7 Å². The molecule has 49 heteroatoms. The van der Waals surface area contributed by atoms with Crippen LogP contribution in [0.3, 0.4) is 0 Å². The summed E-state index contributed by atoms with van der Waals surface area (Å²) in [7, 11) is 0. The molecular weight excluding hydrogens is 1970 g/mol. The van der Waals surface area contributed by atoms with Gasteiger partial charge in [0.05, 0.1) is 31.7 Å². The van der Waals surface area contributed by atoms with E-state index in [9.17, 15) is 102 Å². The highest BCUT2D eigenvalue weighted by molar-refractivity contribution is 7.80. The number of aliphatic carboxylic acids is 3. The monoisotopic (exact) mass is 2100 g/mol. The average Bonchev–Trinajstić information content (AvgIpc) is 1.69. The number of aromatic amines is 3. The van der Waals surface area contributed by atoms with E-state index in [0.29, 0.717) is 60.5 Å². The lowest BCUT2D eigenvalue weighted by Gasteiger charge is -2.29. The fourth-order valence-electron chi connectivity index (χ4n) is 16.3. The molecule has 0 saturated heterocycles. The SMILES string of the molecule is CC(C)C[C@H](NC(=O)[C@H](CC(N)=O)NC(=O)[C@H](CS)NC(=O)[C@@H](NC(=O)[C@H](Cc1c[nH]c2ccccc12)NC(=O)[C@@H](N)CC(=O)O)C(C)C)C(=O)N[C@@H](Cc1ccccc1)C(=O)N[C@@H](CCCCN)C(=O)N[C@@H](CC(N)=O)C(=O)N[C@@H](CCC(N)=O)C(=O)N[C@@H](Cc1c[nH]c2ccccc12)C(=O)N[C@@H](Cc1ccccc1)C(=O)N[C@@H](CS)C(=O)N[C@@H](CC(=O)O)C(=O)N[C@H](C(=O)N[C@@H](Cc1c[nH]c2ccccc12)C(=O)O)C(C)C. The molecule has 8 aromatic rings. The van der Waals surface area contributed by atoms with Gasteiger partial charge in [0.25, 0.3) is 0 Å². The molecule has 0 radical (unpaired) electrons. The van der Waals surface area contributed by atoms with E-state index in [0.717, 1.165) is 0 Å². The highest BCUT2D eigenvalue weighted by atomic mass is 32.1. The molecule has 8 rings (SSSR count). The van der Waals surface area contributed by atoms with E-state index >= 15 is 14.4 Å². The maximum Gasteiger partial charge on any atom is 0.326 e. The largest absolute Gasteiger partial charge is 0.481 e. The van der Waals surface area contributed by atoms with Gasteiger partial charge in [-0.2, -0.15) is 25.3 Å². The Kier molecular flexibility index (Phi) is 46.1. The molecule has 0 saturated carbocycles. The third-order valence-electron chi connectivity index (χ3n) is 24.2. The number of H-pyrrole nitrogens is 3. The third-order valence-corrected chi connectivity index (χ3v) is 24.9. The van der Waals surface area contributed by atoms with Crippen LogP contribution in [0.5, 0.6) is 0 Å². The molecule has 16 atom stereocenters. The summed E-state index contributed by atoms with van der Waals surface area (Å²) in [4.78, 5) is 303. The van der Waals surface area contributed by atoms with Crippen molar-refractivity contribution in [3.63, 3.8) is 0 Å². The number of fused-ring (bicyclic) bond motifs is 3. The summed E-state index contributed by atoms with van der Waals surface area (Å²) >= 11 is 8.60. The van der Waals surface area contributed by atoms with Crippen LogP contribution in [0.1, 0.15) is 134 Å². The number of hydrogen-bond donors (Lipinski definition) is 28. The van der Waals surface area contributed by atoms with Crippen LogP contribution in [0, 0.1) is 17.8 Å². The Balaban J connectivity index is 0.992. The summed E-state index contributed by atoms with van der Waals surface area (Å²) in [5.74, 6) is -27.2. The molecule has 47 nitrogen and oxygen atoms in total. The Morgan fingerprint density at radius 2 is 0.591 bits per heavy atom. The molecule has 0 spiro atoms. The van der Waals surface area contributed by atoms with Gasteiger partial charge in [-0.1, -0.05) is 157 Å². The van der Waals surface area contributed by atoms with Gasteiger partial charge in [0, 0.05) is 101 Å². The summed E-state index contributed by atoms with van der Waals surface area (Å²) in [5.41, 5.74) is 33.1. The lowest BCUT2D eigenvalue weighted by atomic mass is 9.99. The lowest BCUT2D eigenvalue weighted by molar-refractivity contribution is -0.143. The second-order valence-electron chi connectivity index (χ2n) is 37.1. The molecule has 18 amide bonds. The second kappa shape index (κ2) is 57.9. The summed E-state index contributed by atoms with van der Waals surface area (Å²) < 4.78 is 0. The van der Waals surface area contributed by atoms with Gasteiger partial charge in [-0.3, -0.25) is 95.9 Å². The zero-order valence-electron chi connectivity index (χ0n) is 82.8. The molecule has 0 aliphatic heterocycles. The molecule has 802 valence electrons.